The maximum Gasteiger partial charge on any atom is 0.253 e. The Morgan fingerprint density at radius 3 is 2.62 bits per heavy atom. The molecule has 0 saturated carbocycles. The largest absolute Gasteiger partial charge is 0.493 e. The number of halogens is 2. The second kappa shape index (κ2) is 8.82. The number of carbonyl (C=O) groups is 1. The van der Waals surface area contributed by atoms with E-state index in [1.165, 1.54) is 0 Å². The molecule has 0 unspecified atom stereocenters. The van der Waals surface area contributed by atoms with Crippen molar-refractivity contribution in [2.24, 2.45) is 0 Å². The van der Waals surface area contributed by atoms with Crippen LogP contribution in [0.4, 0.5) is 0 Å². The highest BCUT2D eigenvalue weighted by molar-refractivity contribution is 6.35. The number of fused-ring (bicyclic) bond motifs is 2. The summed E-state index contributed by atoms with van der Waals surface area (Å²) in [5.41, 5.74) is 6.33. The summed E-state index contributed by atoms with van der Waals surface area (Å²) in [6.45, 7) is 8.50. The number of hydrogen-bond acceptors (Lipinski definition) is 3. The van der Waals surface area contributed by atoms with E-state index in [4.69, 9.17) is 33.0 Å². The summed E-state index contributed by atoms with van der Waals surface area (Å²) in [4.78, 5) is 13.5. The van der Waals surface area contributed by atoms with Gasteiger partial charge in [0.25, 0.3) is 5.91 Å². The standard InChI is InChI=1S/C27H23Cl2N3O2/c1-15(2)26-21(27(33)30-22-10-11-34-24-7-5-4-6-20(22)24)8-9-23-25(16(3)31-32(23)26)17-12-18(28)14-19(29)13-17/h4-9,12-14,22H,1,10-11H2,2-3H3,(H,30,33)/t22-/m0/s1. The minimum atomic E-state index is -0.179. The van der Waals surface area contributed by atoms with Crippen LogP contribution < -0.4 is 10.1 Å². The minimum absolute atomic E-state index is 0.130. The molecule has 0 aliphatic carbocycles. The molecule has 1 aliphatic rings. The van der Waals surface area contributed by atoms with Crippen molar-refractivity contribution in [3.8, 4) is 16.9 Å². The summed E-state index contributed by atoms with van der Waals surface area (Å²) in [6, 6.07) is 16.8. The average Bonchev–Trinajstić information content (AvgIpc) is 3.13. The van der Waals surface area contributed by atoms with E-state index in [9.17, 15) is 4.79 Å². The van der Waals surface area contributed by atoms with Crippen molar-refractivity contribution >= 4 is 40.2 Å². The fourth-order valence-electron chi connectivity index (χ4n) is 4.60. The molecular formula is C27H23Cl2N3O2. The number of benzene rings is 2. The highest BCUT2D eigenvalue weighted by Gasteiger charge is 2.26. The lowest BCUT2D eigenvalue weighted by molar-refractivity contribution is 0.0924. The molecule has 1 atom stereocenters. The summed E-state index contributed by atoms with van der Waals surface area (Å²) in [5.74, 6) is 0.629. The number of ether oxygens (including phenoxy) is 1. The lowest BCUT2D eigenvalue weighted by atomic mass is 9.99. The molecule has 2 aromatic carbocycles. The fourth-order valence-corrected chi connectivity index (χ4v) is 5.13. The fraction of sp³-hybridized carbons (Fsp3) is 0.185. The minimum Gasteiger partial charge on any atom is -0.493 e. The van der Waals surface area contributed by atoms with Gasteiger partial charge in [-0.1, -0.05) is 48.0 Å². The molecule has 172 valence electrons. The maximum absolute atomic E-state index is 13.5. The topological polar surface area (TPSA) is 55.6 Å². The second-order valence-electron chi connectivity index (χ2n) is 8.49. The Morgan fingerprint density at radius 1 is 1.15 bits per heavy atom. The zero-order valence-electron chi connectivity index (χ0n) is 18.9. The predicted octanol–water partition coefficient (Wildman–Crippen LogP) is 6.90. The van der Waals surface area contributed by atoms with E-state index in [2.05, 4.69) is 11.9 Å². The van der Waals surface area contributed by atoms with Crippen LogP contribution in [0, 0.1) is 6.92 Å². The van der Waals surface area contributed by atoms with Gasteiger partial charge in [0.1, 0.15) is 5.75 Å². The van der Waals surface area contributed by atoms with Crippen LogP contribution in [0.1, 0.15) is 46.7 Å². The molecule has 0 bridgehead atoms. The van der Waals surface area contributed by atoms with Gasteiger partial charge in [-0.05, 0) is 61.4 Å². The Hall–Kier alpha value is -3.28. The van der Waals surface area contributed by atoms with Gasteiger partial charge in [0, 0.05) is 27.6 Å². The number of aryl methyl sites for hydroxylation is 1. The van der Waals surface area contributed by atoms with Crippen molar-refractivity contribution in [1.82, 2.24) is 14.9 Å². The smallest absolute Gasteiger partial charge is 0.253 e. The molecule has 5 nitrogen and oxygen atoms in total. The van der Waals surface area contributed by atoms with Crippen LogP contribution >= 0.6 is 23.2 Å². The van der Waals surface area contributed by atoms with Crippen molar-refractivity contribution < 1.29 is 9.53 Å². The highest BCUT2D eigenvalue weighted by Crippen LogP contribution is 2.35. The van der Waals surface area contributed by atoms with Crippen LogP contribution in [0.5, 0.6) is 5.75 Å². The molecule has 7 heteroatoms. The van der Waals surface area contributed by atoms with E-state index in [0.717, 1.165) is 39.2 Å². The number of amides is 1. The molecule has 0 radical (unpaired) electrons. The summed E-state index contributed by atoms with van der Waals surface area (Å²) < 4.78 is 7.52. The van der Waals surface area contributed by atoms with Gasteiger partial charge in [-0.25, -0.2) is 4.52 Å². The van der Waals surface area contributed by atoms with E-state index in [-0.39, 0.29) is 11.9 Å². The summed E-state index contributed by atoms with van der Waals surface area (Å²) in [5, 5.41) is 9.05. The van der Waals surface area contributed by atoms with Crippen LogP contribution in [0.15, 0.2) is 61.2 Å². The first-order valence-electron chi connectivity index (χ1n) is 11.0. The van der Waals surface area contributed by atoms with Gasteiger partial charge in [-0.2, -0.15) is 5.10 Å². The lowest BCUT2D eigenvalue weighted by Crippen LogP contribution is -2.33. The lowest BCUT2D eigenvalue weighted by Gasteiger charge is -2.27. The van der Waals surface area contributed by atoms with Crippen molar-refractivity contribution in [1.29, 1.82) is 0 Å². The molecule has 4 aromatic rings. The third-order valence-corrected chi connectivity index (χ3v) is 6.47. The molecule has 2 aromatic heterocycles. The molecule has 0 saturated heterocycles. The van der Waals surface area contributed by atoms with Crippen molar-refractivity contribution in [2.45, 2.75) is 26.3 Å². The van der Waals surface area contributed by atoms with Crippen LogP contribution in [0.2, 0.25) is 10.0 Å². The quantitative estimate of drug-likeness (QED) is 0.337. The molecule has 0 fully saturated rings. The summed E-state index contributed by atoms with van der Waals surface area (Å²) >= 11 is 12.5. The van der Waals surface area contributed by atoms with Crippen molar-refractivity contribution in [2.75, 3.05) is 6.61 Å². The summed E-state index contributed by atoms with van der Waals surface area (Å²) in [6.07, 6.45) is 0.702. The van der Waals surface area contributed by atoms with Gasteiger partial charge in [-0.15, -0.1) is 0 Å². The number of allylic oxidation sites excluding steroid dienone is 1. The first-order valence-corrected chi connectivity index (χ1v) is 11.8. The van der Waals surface area contributed by atoms with Gasteiger partial charge >= 0.3 is 0 Å². The van der Waals surface area contributed by atoms with Crippen molar-refractivity contribution in [3.05, 3.63) is 93.7 Å². The van der Waals surface area contributed by atoms with E-state index in [1.807, 2.05) is 62.4 Å². The summed E-state index contributed by atoms with van der Waals surface area (Å²) in [7, 11) is 0. The normalized spacial score (nSPS) is 15.0. The number of nitrogens with zero attached hydrogens (tertiary/aromatic N) is 2. The van der Waals surface area contributed by atoms with E-state index in [0.29, 0.717) is 34.3 Å². The molecule has 5 rings (SSSR count). The Labute approximate surface area is 208 Å². The third kappa shape index (κ3) is 3.95. The first kappa shape index (κ1) is 22.5. The zero-order chi connectivity index (χ0) is 24.0. The number of hydrogen-bond donors (Lipinski definition) is 1. The number of nitrogens with one attached hydrogen (secondary N) is 1. The molecule has 0 spiro atoms. The van der Waals surface area contributed by atoms with E-state index < -0.39 is 0 Å². The van der Waals surface area contributed by atoms with Gasteiger partial charge in [0.15, 0.2) is 0 Å². The van der Waals surface area contributed by atoms with Crippen LogP contribution in [0.3, 0.4) is 0 Å². The highest BCUT2D eigenvalue weighted by atomic mass is 35.5. The number of rotatable bonds is 4. The monoisotopic (exact) mass is 491 g/mol. The Balaban J connectivity index is 1.59. The third-order valence-electron chi connectivity index (χ3n) is 6.03. The Kier molecular flexibility index (Phi) is 5.84. The molecule has 1 N–H and O–H groups in total. The zero-order valence-corrected chi connectivity index (χ0v) is 20.4. The molecular weight excluding hydrogens is 469 g/mol. The van der Waals surface area contributed by atoms with Gasteiger partial charge in [0.05, 0.1) is 35.1 Å². The maximum atomic E-state index is 13.5. The van der Waals surface area contributed by atoms with E-state index in [1.54, 1.807) is 10.6 Å². The number of pyridine rings is 1. The van der Waals surface area contributed by atoms with Crippen molar-refractivity contribution in [3.63, 3.8) is 0 Å². The molecule has 1 aliphatic heterocycles. The van der Waals surface area contributed by atoms with Crippen LogP contribution in [0.25, 0.3) is 22.2 Å². The van der Waals surface area contributed by atoms with Gasteiger partial charge in [0.2, 0.25) is 0 Å². The number of aromatic nitrogens is 2. The van der Waals surface area contributed by atoms with Crippen LogP contribution in [-0.4, -0.2) is 22.1 Å². The predicted molar refractivity (Wildman–Crippen MR) is 137 cm³/mol. The van der Waals surface area contributed by atoms with E-state index >= 15 is 0 Å². The van der Waals surface area contributed by atoms with Gasteiger partial charge in [-0.3, -0.25) is 4.79 Å². The molecule has 1 amide bonds. The Morgan fingerprint density at radius 2 is 1.88 bits per heavy atom. The number of carbonyl (C=O) groups excluding carboxylic acids is 1. The molecule has 3 heterocycles. The SMILES string of the molecule is C=C(C)c1c(C(=O)N[C@H]2CCOc3ccccc32)ccc2c(-c3cc(Cl)cc(Cl)c3)c(C)nn12. The Bertz CT molecular complexity index is 1440. The molecule has 34 heavy (non-hydrogen) atoms. The second-order valence-corrected chi connectivity index (χ2v) is 9.37. The first-order chi connectivity index (χ1) is 16.3. The average molecular weight is 492 g/mol. The van der Waals surface area contributed by atoms with Gasteiger partial charge < -0.3 is 10.1 Å². The number of para-hydroxylation sites is 1. The van der Waals surface area contributed by atoms with Crippen LogP contribution in [-0.2, 0) is 0 Å².